The number of hydrogen-bond donors (Lipinski definition) is 0. The first-order valence-corrected chi connectivity index (χ1v) is 6.58. The Balaban J connectivity index is 2.16. The van der Waals surface area contributed by atoms with Gasteiger partial charge in [-0.2, -0.15) is 10.4 Å². The molecule has 100 valence electrons. The maximum atomic E-state index is 12.5. The largest absolute Gasteiger partial charge is 0.758 e. The zero-order valence-electron chi connectivity index (χ0n) is 11.2. The van der Waals surface area contributed by atoms with E-state index < -0.39 is 0 Å². The number of benzene rings is 2. The maximum Gasteiger partial charge on any atom is 0.280 e. The Bertz CT molecular complexity index is 857. The summed E-state index contributed by atoms with van der Waals surface area (Å²) < 4.78 is 1.64. The van der Waals surface area contributed by atoms with Gasteiger partial charge in [0.25, 0.3) is 11.5 Å². The van der Waals surface area contributed by atoms with E-state index in [1.165, 1.54) is 0 Å². The molecule has 0 saturated heterocycles. The third-order valence-corrected chi connectivity index (χ3v) is 3.31. The molecule has 3 nitrogen and oxygen atoms in total. The van der Waals surface area contributed by atoms with E-state index in [0.29, 0.717) is 5.56 Å². The zero-order chi connectivity index (χ0) is 14.7. The van der Waals surface area contributed by atoms with Crippen LogP contribution in [0, 0.1) is 0 Å². The lowest BCUT2D eigenvalue weighted by Gasteiger charge is -2.03. The number of aromatic nitrogens is 1. The predicted molar refractivity (Wildman–Crippen MR) is 83.0 cm³/mol. The number of carbonyl (C=O) groups excluding carboxylic acids is 1. The van der Waals surface area contributed by atoms with E-state index in [-0.39, 0.29) is 11.5 Å². The number of hydrogen-bond acceptors (Lipinski definition) is 1. The van der Waals surface area contributed by atoms with E-state index in [9.17, 15) is 10.2 Å². The van der Waals surface area contributed by atoms with Crippen LogP contribution in [0.5, 0.6) is 0 Å². The lowest BCUT2D eigenvalue weighted by atomic mass is 10.1. The molecule has 2 aromatic carbocycles. The van der Waals surface area contributed by atoms with E-state index in [2.05, 4.69) is 0 Å². The van der Waals surface area contributed by atoms with Crippen molar-refractivity contribution in [3.63, 3.8) is 0 Å². The molecule has 1 heterocycles. The lowest BCUT2D eigenvalue weighted by molar-refractivity contribution is -0.546. The van der Waals surface area contributed by atoms with Gasteiger partial charge in [0.15, 0.2) is 6.20 Å². The molecule has 0 aliphatic heterocycles. The monoisotopic (exact) mass is 272 g/mol. The van der Waals surface area contributed by atoms with E-state index >= 15 is 0 Å². The molecule has 0 N–H and O–H groups in total. The standard InChI is InChI=1S/C18H12N2O/c19-13-17(18(21)15-8-2-1-3-9-15)20-12-6-10-14-7-4-5-11-16(14)20/h1-12H. The molecule has 3 rings (SSSR count). The van der Waals surface area contributed by atoms with Gasteiger partial charge in [-0.15, -0.1) is 0 Å². The number of fused-ring (bicyclic) bond motifs is 1. The molecule has 0 saturated carbocycles. The lowest BCUT2D eigenvalue weighted by Crippen LogP contribution is -2.37. The molecular formula is C18H12N2O. The Hall–Kier alpha value is -3.03. The van der Waals surface area contributed by atoms with Crippen molar-refractivity contribution in [1.82, 2.24) is 0 Å². The van der Waals surface area contributed by atoms with Crippen molar-refractivity contribution in [3.05, 3.63) is 83.9 Å². The Morgan fingerprint density at radius 3 is 2.33 bits per heavy atom. The Kier molecular flexibility index (Phi) is 3.42. The van der Waals surface area contributed by atoms with Crippen molar-refractivity contribution in [2.24, 2.45) is 0 Å². The van der Waals surface area contributed by atoms with Crippen LogP contribution in [0.1, 0.15) is 10.4 Å². The molecule has 0 amide bonds. The fourth-order valence-electron chi connectivity index (χ4n) is 2.30. The molecule has 0 aliphatic carbocycles. The third-order valence-electron chi connectivity index (χ3n) is 3.31. The summed E-state index contributed by atoms with van der Waals surface area (Å²) in [6.45, 7) is 0. The number of rotatable bonds is 3. The van der Waals surface area contributed by atoms with Crippen LogP contribution in [-0.2, 0) is 0 Å². The number of ketones is 1. The second-order valence-electron chi connectivity index (χ2n) is 4.59. The minimum Gasteiger partial charge on any atom is -0.758 e. The van der Waals surface area contributed by atoms with Crippen LogP contribution >= 0.6 is 0 Å². The Morgan fingerprint density at radius 1 is 0.905 bits per heavy atom. The van der Waals surface area contributed by atoms with Crippen LogP contribution in [0.3, 0.4) is 0 Å². The summed E-state index contributed by atoms with van der Waals surface area (Å²) in [5.74, 6) is 1.76. The fraction of sp³-hybridized carbons (Fsp3) is 0. The van der Waals surface area contributed by atoms with Gasteiger partial charge >= 0.3 is 0 Å². The van der Waals surface area contributed by atoms with Gasteiger partial charge in [0.2, 0.25) is 5.52 Å². The summed E-state index contributed by atoms with van der Waals surface area (Å²) in [6, 6.07) is 20.3. The van der Waals surface area contributed by atoms with Gasteiger partial charge in [0, 0.05) is 23.1 Å². The number of allylic oxidation sites excluding steroid dienone is 1. The van der Waals surface area contributed by atoms with Gasteiger partial charge in [0.1, 0.15) is 0 Å². The fourth-order valence-corrected chi connectivity index (χ4v) is 2.30. The number of carbonyl (C=O) groups is 1. The summed E-state index contributed by atoms with van der Waals surface area (Å²) >= 11 is 0. The van der Waals surface area contributed by atoms with Crippen molar-refractivity contribution in [3.8, 4) is 0 Å². The highest BCUT2D eigenvalue weighted by atomic mass is 16.1. The molecular weight excluding hydrogens is 260 g/mol. The van der Waals surface area contributed by atoms with Crippen molar-refractivity contribution in [1.29, 1.82) is 0 Å². The van der Waals surface area contributed by atoms with E-state index in [4.69, 9.17) is 0 Å². The first-order valence-electron chi connectivity index (χ1n) is 6.58. The summed E-state index contributed by atoms with van der Waals surface area (Å²) in [5, 5.41) is 10.4. The maximum absolute atomic E-state index is 12.5. The van der Waals surface area contributed by atoms with Gasteiger partial charge in [-0.1, -0.05) is 42.5 Å². The van der Waals surface area contributed by atoms with E-state index in [1.54, 1.807) is 35.0 Å². The molecule has 1 aromatic heterocycles. The van der Waals surface area contributed by atoms with Gasteiger partial charge in [0.05, 0.1) is 0 Å². The van der Waals surface area contributed by atoms with Crippen LogP contribution in [0.25, 0.3) is 22.0 Å². The Morgan fingerprint density at radius 2 is 1.57 bits per heavy atom. The highest BCUT2D eigenvalue weighted by Crippen LogP contribution is 2.12. The summed E-state index contributed by atoms with van der Waals surface area (Å²) in [7, 11) is 0. The normalized spacial score (nSPS) is 10.1. The zero-order valence-corrected chi connectivity index (χ0v) is 11.2. The summed E-state index contributed by atoms with van der Waals surface area (Å²) in [6.07, 6.45) is 1.74. The number of Topliss-reactive ketones (excluding diaryl/α,β-unsaturated/α-hetero) is 1. The first kappa shape index (κ1) is 13.0. The number of pyridine rings is 1. The van der Waals surface area contributed by atoms with E-state index in [0.717, 1.165) is 10.9 Å². The van der Waals surface area contributed by atoms with Gasteiger partial charge in [-0.3, -0.25) is 4.79 Å². The van der Waals surface area contributed by atoms with Crippen molar-refractivity contribution < 1.29 is 9.36 Å². The quantitative estimate of drug-likeness (QED) is 0.313. The molecule has 3 heteroatoms. The highest BCUT2D eigenvalue weighted by molar-refractivity contribution is 6.28. The predicted octanol–water partition coefficient (Wildman–Crippen LogP) is 3.09. The smallest absolute Gasteiger partial charge is 0.280 e. The minimum atomic E-state index is -0.278. The number of para-hydroxylation sites is 1. The average molecular weight is 272 g/mol. The second kappa shape index (κ2) is 5.53. The average Bonchev–Trinajstić information content (AvgIpc) is 2.56. The van der Waals surface area contributed by atoms with Gasteiger partial charge < -0.3 is 5.41 Å². The summed E-state index contributed by atoms with van der Waals surface area (Å²) in [5.41, 5.74) is 1.44. The molecule has 0 fully saturated rings. The summed E-state index contributed by atoms with van der Waals surface area (Å²) in [4.78, 5) is 12.5. The minimum absolute atomic E-state index is 0.0954. The van der Waals surface area contributed by atoms with Crippen LogP contribution < -0.4 is 4.57 Å². The first-order chi connectivity index (χ1) is 10.3. The van der Waals surface area contributed by atoms with E-state index in [1.807, 2.05) is 48.3 Å². The molecule has 0 radical (unpaired) electrons. The molecule has 0 spiro atoms. The van der Waals surface area contributed by atoms with Crippen molar-refractivity contribution >= 4 is 28.3 Å². The molecule has 21 heavy (non-hydrogen) atoms. The van der Waals surface area contributed by atoms with Gasteiger partial charge in [-0.05, 0) is 12.1 Å². The van der Waals surface area contributed by atoms with Crippen molar-refractivity contribution in [2.75, 3.05) is 0 Å². The highest BCUT2D eigenvalue weighted by Gasteiger charge is 2.22. The van der Waals surface area contributed by atoms with Crippen LogP contribution in [0.4, 0.5) is 0 Å². The molecule has 0 bridgehead atoms. The Labute approximate surface area is 122 Å². The molecule has 3 aromatic rings. The number of nitrogens with zero attached hydrogens (tertiary/aromatic N) is 2. The molecule has 0 atom stereocenters. The van der Waals surface area contributed by atoms with Crippen LogP contribution in [0.2, 0.25) is 0 Å². The third kappa shape index (κ3) is 2.38. The molecule has 0 aliphatic rings. The van der Waals surface area contributed by atoms with Gasteiger partial charge in [-0.25, -0.2) is 0 Å². The SMILES string of the molecule is [N-]=C=C(C(=O)c1ccccc1)[n+]1cccc2ccccc21. The van der Waals surface area contributed by atoms with Crippen molar-refractivity contribution in [2.45, 2.75) is 0 Å². The topological polar surface area (TPSA) is 43.3 Å². The van der Waals surface area contributed by atoms with Crippen LogP contribution in [-0.4, -0.2) is 11.7 Å². The molecule has 0 unspecified atom stereocenters. The second-order valence-corrected chi connectivity index (χ2v) is 4.59. The van der Waals surface area contributed by atoms with Crippen LogP contribution in [0.15, 0.2) is 72.9 Å².